The van der Waals surface area contributed by atoms with E-state index in [0.29, 0.717) is 5.13 Å². The van der Waals surface area contributed by atoms with E-state index in [-0.39, 0.29) is 17.9 Å². The van der Waals surface area contributed by atoms with Crippen molar-refractivity contribution in [3.05, 3.63) is 29.6 Å². The maximum atomic E-state index is 12.3. The highest BCUT2D eigenvalue weighted by atomic mass is 32.1. The van der Waals surface area contributed by atoms with Gasteiger partial charge in [0.15, 0.2) is 5.13 Å². The molecule has 6 heteroatoms. The summed E-state index contributed by atoms with van der Waals surface area (Å²) in [6.07, 6.45) is 1.94. The summed E-state index contributed by atoms with van der Waals surface area (Å²) in [5, 5.41) is 8.86. The number of hydrogen-bond donors (Lipinski definition) is 2. The number of aromatic nitrogens is 1. The first-order valence-corrected chi connectivity index (χ1v) is 9.24. The van der Waals surface area contributed by atoms with E-state index in [4.69, 9.17) is 4.74 Å². The Hall–Kier alpha value is -1.92. The standard InChI is InChI=1S/C18H23N3O2S/c1-12(2)23-15-5-3-13(4-6-15)16-11-24-18(20-16)21-17(22)14-7-9-19-10-8-14/h3-6,11-12,14,19H,7-10H2,1-2H3,(H,20,21,22). The third-order valence-electron chi connectivity index (χ3n) is 3.97. The first kappa shape index (κ1) is 16.9. The molecule has 1 saturated heterocycles. The highest BCUT2D eigenvalue weighted by molar-refractivity contribution is 7.14. The number of rotatable bonds is 5. The highest BCUT2D eigenvalue weighted by Gasteiger charge is 2.21. The van der Waals surface area contributed by atoms with Gasteiger partial charge in [0.2, 0.25) is 5.91 Å². The van der Waals surface area contributed by atoms with E-state index in [0.717, 1.165) is 42.9 Å². The minimum absolute atomic E-state index is 0.0816. The van der Waals surface area contributed by atoms with Crippen molar-refractivity contribution in [2.24, 2.45) is 5.92 Å². The Balaban J connectivity index is 1.63. The molecular formula is C18H23N3O2S. The molecule has 1 aliphatic heterocycles. The van der Waals surface area contributed by atoms with Gasteiger partial charge in [-0.25, -0.2) is 4.98 Å². The Morgan fingerprint density at radius 2 is 2.00 bits per heavy atom. The second-order valence-electron chi connectivity index (χ2n) is 6.24. The lowest BCUT2D eigenvalue weighted by molar-refractivity contribution is -0.120. The summed E-state index contributed by atoms with van der Waals surface area (Å²) in [6.45, 7) is 5.83. The van der Waals surface area contributed by atoms with Crippen LogP contribution >= 0.6 is 11.3 Å². The Labute approximate surface area is 146 Å². The Bertz CT molecular complexity index is 676. The van der Waals surface area contributed by atoms with Gasteiger partial charge in [0, 0.05) is 16.9 Å². The molecule has 2 heterocycles. The van der Waals surface area contributed by atoms with E-state index < -0.39 is 0 Å². The van der Waals surface area contributed by atoms with Crippen LogP contribution in [0.25, 0.3) is 11.3 Å². The lowest BCUT2D eigenvalue weighted by Gasteiger charge is -2.20. The average Bonchev–Trinajstić information content (AvgIpc) is 3.04. The Morgan fingerprint density at radius 3 is 2.67 bits per heavy atom. The molecule has 0 aliphatic carbocycles. The maximum Gasteiger partial charge on any atom is 0.229 e. The number of anilines is 1. The number of benzene rings is 1. The molecule has 1 aromatic heterocycles. The molecular weight excluding hydrogens is 322 g/mol. The smallest absolute Gasteiger partial charge is 0.229 e. The van der Waals surface area contributed by atoms with E-state index in [1.165, 1.54) is 11.3 Å². The monoisotopic (exact) mass is 345 g/mol. The number of nitrogens with zero attached hydrogens (tertiary/aromatic N) is 1. The van der Waals surface area contributed by atoms with Crippen LogP contribution in [0.1, 0.15) is 26.7 Å². The first-order chi connectivity index (χ1) is 11.6. The van der Waals surface area contributed by atoms with E-state index in [2.05, 4.69) is 15.6 Å². The first-order valence-electron chi connectivity index (χ1n) is 8.36. The summed E-state index contributed by atoms with van der Waals surface area (Å²) in [4.78, 5) is 16.8. The molecule has 0 saturated carbocycles. The number of ether oxygens (including phenoxy) is 1. The van der Waals surface area contributed by atoms with Crippen LogP contribution in [0.3, 0.4) is 0 Å². The zero-order valence-electron chi connectivity index (χ0n) is 14.0. The molecule has 5 nitrogen and oxygen atoms in total. The van der Waals surface area contributed by atoms with Crippen molar-refractivity contribution < 1.29 is 9.53 Å². The molecule has 0 radical (unpaired) electrons. The van der Waals surface area contributed by atoms with Crippen LogP contribution in [0, 0.1) is 5.92 Å². The van der Waals surface area contributed by atoms with E-state index in [9.17, 15) is 4.79 Å². The minimum Gasteiger partial charge on any atom is -0.491 e. The van der Waals surface area contributed by atoms with Crippen molar-refractivity contribution in [2.75, 3.05) is 18.4 Å². The number of carbonyl (C=O) groups is 1. The van der Waals surface area contributed by atoms with Crippen molar-refractivity contribution in [1.29, 1.82) is 0 Å². The fourth-order valence-corrected chi connectivity index (χ4v) is 3.45. The number of hydrogen-bond acceptors (Lipinski definition) is 5. The van der Waals surface area contributed by atoms with Crippen LogP contribution in [-0.4, -0.2) is 30.1 Å². The van der Waals surface area contributed by atoms with Crippen molar-refractivity contribution >= 4 is 22.4 Å². The van der Waals surface area contributed by atoms with Gasteiger partial charge in [-0.2, -0.15) is 0 Å². The van der Waals surface area contributed by atoms with E-state index in [1.54, 1.807) is 0 Å². The molecule has 3 rings (SSSR count). The number of piperidine rings is 1. The molecule has 1 aliphatic rings. The van der Waals surface area contributed by atoms with E-state index in [1.807, 2.05) is 43.5 Å². The third kappa shape index (κ3) is 4.33. The molecule has 24 heavy (non-hydrogen) atoms. The molecule has 2 aromatic rings. The summed E-state index contributed by atoms with van der Waals surface area (Å²) in [7, 11) is 0. The molecule has 1 amide bonds. The van der Waals surface area contributed by atoms with Crippen molar-refractivity contribution in [3.63, 3.8) is 0 Å². The number of amides is 1. The van der Waals surface area contributed by atoms with Gasteiger partial charge in [-0.1, -0.05) is 0 Å². The summed E-state index contributed by atoms with van der Waals surface area (Å²) in [6, 6.07) is 7.88. The second kappa shape index (κ2) is 7.77. The minimum atomic E-state index is 0.0816. The summed E-state index contributed by atoms with van der Waals surface area (Å²) < 4.78 is 5.65. The van der Waals surface area contributed by atoms with Crippen molar-refractivity contribution in [3.8, 4) is 17.0 Å². The van der Waals surface area contributed by atoms with Gasteiger partial charge in [-0.3, -0.25) is 4.79 Å². The second-order valence-corrected chi connectivity index (χ2v) is 7.10. The van der Waals surface area contributed by atoms with Gasteiger partial charge in [0.05, 0.1) is 11.8 Å². The molecule has 1 aromatic carbocycles. The predicted octanol–water partition coefficient (Wildman–Crippen LogP) is 3.54. The SMILES string of the molecule is CC(C)Oc1ccc(-c2csc(NC(=O)C3CCNCC3)n2)cc1. The predicted molar refractivity (Wildman–Crippen MR) is 97.5 cm³/mol. The van der Waals surface area contributed by atoms with Gasteiger partial charge in [-0.05, 0) is 64.0 Å². The van der Waals surface area contributed by atoms with Crippen LogP contribution in [-0.2, 0) is 4.79 Å². The number of nitrogens with one attached hydrogen (secondary N) is 2. The summed E-state index contributed by atoms with van der Waals surface area (Å²) in [5.41, 5.74) is 1.89. The molecule has 0 bridgehead atoms. The fraction of sp³-hybridized carbons (Fsp3) is 0.444. The van der Waals surface area contributed by atoms with Gasteiger partial charge in [-0.15, -0.1) is 11.3 Å². The van der Waals surface area contributed by atoms with Crippen molar-refractivity contribution in [1.82, 2.24) is 10.3 Å². The zero-order chi connectivity index (χ0) is 16.9. The van der Waals surface area contributed by atoms with Gasteiger partial charge < -0.3 is 15.4 Å². The Morgan fingerprint density at radius 1 is 1.29 bits per heavy atom. The molecule has 2 N–H and O–H groups in total. The maximum absolute atomic E-state index is 12.3. The summed E-state index contributed by atoms with van der Waals surface area (Å²) in [5.74, 6) is 1.02. The molecule has 0 unspecified atom stereocenters. The number of carbonyl (C=O) groups excluding carboxylic acids is 1. The lowest BCUT2D eigenvalue weighted by Crippen LogP contribution is -2.34. The zero-order valence-corrected chi connectivity index (χ0v) is 14.9. The van der Waals surface area contributed by atoms with Crippen LogP contribution in [0.15, 0.2) is 29.6 Å². The van der Waals surface area contributed by atoms with Crippen molar-refractivity contribution in [2.45, 2.75) is 32.8 Å². The normalized spacial score (nSPS) is 15.5. The largest absolute Gasteiger partial charge is 0.491 e. The number of thiazole rings is 1. The molecule has 0 atom stereocenters. The summed E-state index contributed by atoms with van der Waals surface area (Å²) >= 11 is 1.46. The van der Waals surface area contributed by atoms with Crippen LogP contribution in [0.2, 0.25) is 0 Å². The van der Waals surface area contributed by atoms with Crippen LogP contribution in [0.5, 0.6) is 5.75 Å². The highest BCUT2D eigenvalue weighted by Crippen LogP contribution is 2.27. The fourth-order valence-electron chi connectivity index (χ4n) is 2.73. The van der Waals surface area contributed by atoms with Crippen LogP contribution < -0.4 is 15.4 Å². The molecule has 128 valence electrons. The average molecular weight is 345 g/mol. The van der Waals surface area contributed by atoms with Gasteiger partial charge in [0.25, 0.3) is 0 Å². The van der Waals surface area contributed by atoms with Gasteiger partial charge >= 0.3 is 0 Å². The van der Waals surface area contributed by atoms with Crippen LogP contribution in [0.4, 0.5) is 5.13 Å². The van der Waals surface area contributed by atoms with E-state index >= 15 is 0 Å². The molecule has 1 fully saturated rings. The third-order valence-corrected chi connectivity index (χ3v) is 4.72. The topological polar surface area (TPSA) is 63.2 Å². The lowest BCUT2D eigenvalue weighted by atomic mass is 9.97. The molecule has 0 spiro atoms. The Kier molecular flexibility index (Phi) is 5.48. The van der Waals surface area contributed by atoms with Gasteiger partial charge in [0.1, 0.15) is 5.75 Å². The quantitative estimate of drug-likeness (QED) is 0.870.